The van der Waals surface area contributed by atoms with Gasteiger partial charge in [-0.25, -0.2) is 13.4 Å². The van der Waals surface area contributed by atoms with Crippen LogP contribution >= 0.6 is 11.6 Å². The molecule has 1 amide bonds. The molecule has 3 rings (SSSR count). The molecule has 1 aromatic carbocycles. The van der Waals surface area contributed by atoms with Crippen LogP contribution in [-0.4, -0.2) is 41.3 Å². The maximum absolute atomic E-state index is 12.7. The Balaban J connectivity index is 1.72. The molecule has 140 valence electrons. The van der Waals surface area contributed by atoms with Crippen molar-refractivity contribution in [2.75, 3.05) is 18.4 Å². The second-order valence-corrected chi connectivity index (χ2v) is 8.85. The number of nitrogens with one attached hydrogen (secondary N) is 1. The van der Waals surface area contributed by atoms with E-state index in [1.165, 1.54) is 16.8 Å². The number of halogens is 1. The Kier molecular flexibility index (Phi) is 5.36. The van der Waals surface area contributed by atoms with E-state index in [4.69, 9.17) is 11.6 Å². The van der Waals surface area contributed by atoms with Crippen molar-refractivity contribution in [3.05, 3.63) is 41.3 Å². The number of carbonyl (C=O) groups is 1. The van der Waals surface area contributed by atoms with Crippen molar-refractivity contribution >= 4 is 33.2 Å². The summed E-state index contributed by atoms with van der Waals surface area (Å²) in [5.74, 6) is -0.589. The fourth-order valence-electron chi connectivity index (χ4n) is 3.03. The first kappa shape index (κ1) is 18.9. The molecule has 2 heterocycles. The molecule has 1 atom stereocenters. The third-order valence-electron chi connectivity index (χ3n) is 4.49. The topological polar surface area (TPSA) is 84.3 Å². The summed E-state index contributed by atoms with van der Waals surface area (Å²) >= 11 is 5.94. The molecule has 0 bridgehead atoms. The molecule has 0 aliphatic carbocycles. The molecule has 1 aliphatic rings. The van der Waals surface area contributed by atoms with Gasteiger partial charge in [-0.05, 0) is 43.5 Å². The van der Waals surface area contributed by atoms with Crippen LogP contribution in [0.2, 0.25) is 5.02 Å². The average molecular weight is 397 g/mol. The van der Waals surface area contributed by atoms with E-state index < -0.39 is 15.9 Å². The number of imidazole rings is 1. The number of piperidine rings is 1. The summed E-state index contributed by atoms with van der Waals surface area (Å²) in [7, 11) is -1.98. The molecule has 0 unspecified atom stereocenters. The van der Waals surface area contributed by atoms with Crippen LogP contribution in [0.15, 0.2) is 35.7 Å². The smallest absolute Gasteiger partial charge is 0.262 e. The monoisotopic (exact) mass is 396 g/mol. The molecule has 1 saturated heterocycles. The Labute approximate surface area is 158 Å². The van der Waals surface area contributed by atoms with Gasteiger partial charge in [0.1, 0.15) is 0 Å². The highest BCUT2D eigenvalue weighted by atomic mass is 35.5. The standard InChI is InChI=1S/C17H21ClN4O3S/c1-12-8-14(18)5-6-15(12)20-17(23)13-4-3-7-22(9-13)26(24,25)16-10-21(2)11-19-16/h5-6,8,10-11,13H,3-4,7,9H2,1-2H3,(H,20,23)/t13-/m0/s1. The summed E-state index contributed by atoms with van der Waals surface area (Å²) in [6, 6.07) is 5.24. The lowest BCUT2D eigenvalue weighted by Crippen LogP contribution is -2.43. The van der Waals surface area contributed by atoms with E-state index in [1.807, 2.05) is 6.92 Å². The molecular weight excluding hydrogens is 376 g/mol. The van der Waals surface area contributed by atoms with Crippen LogP contribution in [0.25, 0.3) is 0 Å². The minimum Gasteiger partial charge on any atom is -0.339 e. The largest absolute Gasteiger partial charge is 0.339 e. The van der Waals surface area contributed by atoms with Gasteiger partial charge in [-0.2, -0.15) is 4.31 Å². The number of aromatic nitrogens is 2. The number of amides is 1. The average Bonchev–Trinajstić information content (AvgIpc) is 3.05. The zero-order valence-corrected chi connectivity index (χ0v) is 16.2. The van der Waals surface area contributed by atoms with Crippen molar-refractivity contribution in [2.24, 2.45) is 13.0 Å². The Hall–Kier alpha value is -1.90. The minimum atomic E-state index is -3.69. The van der Waals surface area contributed by atoms with Crippen LogP contribution in [0.1, 0.15) is 18.4 Å². The van der Waals surface area contributed by atoms with E-state index in [0.717, 1.165) is 5.56 Å². The minimum absolute atomic E-state index is 0.00889. The van der Waals surface area contributed by atoms with Crippen molar-refractivity contribution in [1.82, 2.24) is 13.9 Å². The number of nitrogens with zero attached hydrogens (tertiary/aromatic N) is 3. The van der Waals surface area contributed by atoms with Crippen molar-refractivity contribution in [3.8, 4) is 0 Å². The summed E-state index contributed by atoms with van der Waals surface area (Å²) in [5.41, 5.74) is 1.55. The molecule has 0 saturated carbocycles. The maximum Gasteiger partial charge on any atom is 0.262 e. The number of sulfonamides is 1. The van der Waals surface area contributed by atoms with Gasteiger partial charge >= 0.3 is 0 Å². The van der Waals surface area contributed by atoms with Gasteiger partial charge in [0.15, 0.2) is 5.03 Å². The van der Waals surface area contributed by atoms with Gasteiger partial charge in [-0.1, -0.05) is 11.6 Å². The summed E-state index contributed by atoms with van der Waals surface area (Å²) < 4.78 is 28.4. The van der Waals surface area contributed by atoms with E-state index in [0.29, 0.717) is 30.1 Å². The van der Waals surface area contributed by atoms with Crippen LogP contribution in [0, 0.1) is 12.8 Å². The molecule has 0 radical (unpaired) electrons. The lowest BCUT2D eigenvalue weighted by molar-refractivity contribution is -0.120. The number of hydrogen-bond acceptors (Lipinski definition) is 4. The molecule has 26 heavy (non-hydrogen) atoms. The summed E-state index contributed by atoms with van der Waals surface area (Å²) in [5, 5.41) is 3.50. The lowest BCUT2D eigenvalue weighted by Gasteiger charge is -2.30. The van der Waals surface area contributed by atoms with Crippen LogP contribution in [-0.2, 0) is 21.9 Å². The summed E-state index contributed by atoms with van der Waals surface area (Å²) in [4.78, 5) is 16.6. The van der Waals surface area contributed by atoms with Gasteiger partial charge in [0.2, 0.25) is 5.91 Å². The van der Waals surface area contributed by atoms with Crippen molar-refractivity contribution < 1.29 is 13.2 Å². The highest BCUT2D eigenvalue weighted by molar-refractivity contribution is 7.89. The van der Waals surface area contributed by atoms with E-state index in [2.05, 4.69) is 10.3 Å². The van der Waals surface area contributed by atoms with E-state index >= 15 is 0 Å². The summed E-state index contributed by atoms with van der Waals surface area (Å²) in [6.07, 6.45) is 4.19. The second-order valence-electron chi connectivity index (χ2n) is 6.53. The third kappa shape index (κ3) is 3.92. The zero-order valence-electron chi connectivity index (χ0n) is 14.6. The first-order valence-electron chi connectivity index (χ1n) is 8.32. The molecular formula is C17H21ClN4O3S. The Morgan fingerprint density at radius 3 is 2.81 bits per heavy atom. The Morgan fingerprint density at radius 1 is 1.38 bits per heavy atom. The van der Waals surface area contributed by atoms with Crippen molar-refractivity contribution in [3.63, 3.8) is 0 Å². The maximum atomic E-state index is 12.7. The SMILES string of the molecule is Cc1cc(Cl)ccc1NC(=O)[C@H]1CCCN(S(=O)(=O)c2cn(C)cn2)C1. The normalized spacial score (nSPS) is 18.7. The molecule has 0 spiro atoms. The van der Waals surface area contributed by atoms with Crippen LogP contribution in [0.5, 0.6) is 0 Å². The second kappa shape index (κ2) is 7.38. The summed E-state index contributed by atoms with van der Waals surface area (Å²) in [6.45, 7) is 2.40. The predicted molar refractivity (Wildman–Crippen MR) is 99.5 cm³/mol. The molecule has 9 heteroatoms. The number of rotatable bonds is 4. The van der Waals surface area contributed by atoms with E-state index in [1.54, 1.807) is 29.8 Å². The molecule has 1 N–H and O–H groups in total. The fourth-order valence-corrected chi connectivity index (χ4v) is 4.75. The zero-order chi connectivity index (χ0) is 18.9. The molecule has 1 aliphatic heterocycles. The van der Waals surface area contributed by atoms with Crippen molar-refractivity contribution in [1.29, 1.82) is 0 Å². The highest BCUT2D eigenvalue weighted by Crippen LogP contribution is 2.25. The van der Waals surface area contributed by atoms with Gasteiger partial charge in [0, 0.05) is 37.0 Å². The quantitative estimate of drug-likeness (QED) is 0.860. The Morgan fingerprint density at radius 2 is 2.15 bits per heavy atom. The predicted octanol–water partition coefficient (Wildman–Crippen LogP) is 2.42. The van der Waals surface area contributed by atoms with Gasteiger partial charge in [-0.15, -0.1) is 0 Å². The van der Waals surface area contributed by atoms with Gasteiger partial charge in [0.25, 0.3) is 10.0 Å². The number of hydrogen-bond donors (Lipinski definition) is 1. The molecule has 1 aromatic heterocycles. The lowest BCUT2D eigenvalue weighted by atomic mass is 9.98. The number of anilines is 1. The molecule has 1 fully saturated rings. The highest BCUT2D eigenvalue weighted by Gasteiger charge is 2.34. The van der Waals surface area contributed by atoms with Crippen LogP contribution < -0.4 is 5.32 Å². The molecule has 7 nitrogen and oxygen atoms in total. The van der Waals surface area contributed by atoms with Gasteiger partial charge in [-0.3, -0.25) is 4.79 Å². The molecule has 2 aromatic rings. The number of benzene rings is 1. The van der Waals surface area contributed by atoms with Crippen LogP contribution in [0.3, 0.4) is 0 Å². The first-order valence-corrected chi connectivity index (χ1v) is 10.1. The number of aryl methyl sites for hydroxylation is 2. The Bertz CT molecular complexity index is 926. The van der Waals surface area contributed by atoms with Crippen LogP contribution in [0.4, 0.5) is 5.69 Å². The van der Waals surface area contributed by atoms with E-state index in [9.17, 15) is 13.2 Å². The fraction of sp³-hybridized carbons (Fsp3) is 0.412. The first-order chi connectivity index (χ1) is 12.3. The number of carbonyl (C=O) groups excluding carboxylic acids is 1. The third-order valence-corrected chi connectivity index (χ3v) is 6.47. The van der Waals surface area contributed by atoms with E-state index in [-0.39, 0.29) is 17.5 Å². The van der Waals surface area contributed by atoms with Gasteiger partial charge in [0.05, 0.1) is 12.2 Å². The van der Waals surface area contributed by atoms with Gasteiger partial charge < -0.3 is 9.88 Å². The van der Waals surface area contributed by atoms with Crippen molar-refractivity contribution in [2.45, 2.75) is 24.8 Å².